The van der Waals surface area contributed by atoms with E-state index in [4.69, 9.17) is 4.55 Å². The highest BCUT2D eigenvalue weighted by molar-refractivity contribution is 7.86. The fourth-order valence-electron chi connectivity index (χ4n) is 1.60. The Balaban J connectivity index is 2.66. The number of carbonyl (C=O) groups is 1. The maximum atomic E-state index is 11.4. The van der Waals surface area contributed by atoms with Crippen LogP contribution in [0.3, 0.4) is 0 Å². The van der Waals surface area contributed by atoms with Gasteiger partial charge in [-0.05, 0) is 11.6 Å². The van der Waals surface area contributed by atoms with Crippen molar-refractivity contribution in [1.82, 2.24) is 0 Å². The fraction of sp³-hybridized carbons (Fsp3) is 0.100. The maximum Gasteiger partial charge on any atom is 0.275 e. The van der Waals surface area contributed by atoms with Crippen LogP contribution in [0.2, 0.25) is 0 Å². The summed E-state index contributed by atoms with van der Waals surface area (Å²) < 4.78 is 31.1. The first-order valence-electron chi connectivity index (χ1n) is 4.28. The zero-order valence-electron chi connectivity index (χ0n) is 7.62. The third-order valence-corrected chi connectivity index (χ3v) is 3.33. The minimum atomic E-state index is -4.20. The Kier molecular flexibility index (Phi) is 2.21. The first kappa shape index (κ1) is 10.1. The van der Waals surface area contributed by atoms with Gasteiger partial charge in [-0.1, -0.05) is 30.3 Å². The predicted octanol–water partition coefficient (Wildman–Crippen LogP) is 1.37. The van der Waals surface area contributed by atoms with Gasteiger partial charge in [0.05, 0.1) is 0 Å². The lowest BCUT2D eigenvalue weighted by atomic mass is 9.96. The summed E-state index contributed by atoms with van der Waals surface area (Å²) in [5.74, 6) is -0.245. The van der Waals surface area contributed by atoms with Crippen molar-refractivity contribution in [1.29, 1.82) is 0 Å². The molecule has 0 amide bonds. The van der Waals surface area contributed by atoms with Gasteiger partial charge in [-0.3, -0.25) is 9.35 Å². The van der Waals surface area contributed by atoms with Gasteiger partial charge in [-0.2, -0.15) is 8.42 Å². The zero-order chi connectivity index (χ0) is 11.1. The Morgan fingerprint density at radius 1 is 1.20 bits per heavy atom. The van der Waals surface area contributed by atoms with Crippen LogP contribution in [0.4, 0.5) is 0 Å². The lowest BCUT2D eigenvalue weighted by molar-refractivity contribution is 0.104. The highest BCUT2D eigenvalue weighted by Gasteiger charge is 2.29. The van der Waals surface area contributed by atoms with Gasteiger partial charge < -0.3 is 0 Å². The molecule has 5 heteroatoms. The van der Waals surface area contributed by atoms with E-state index >= 15 is 0 Å². The molecule has 78 valence electrons. The monoisotopic (exact) mass is 224 g/mol. The number of hydrogen-bond donors (Lipinski definition) is 1. The van der Waals surface area contributed by atoms with Gasteiger partial charge in [0.2, 0.25) is 0 Å². The Morgan fingerprint density at radius 3 is 2.53 bits per heavy atom. The van der Waals surface area contributed by atoms with Crippen LogP contribution in [0, 0.1) is 0 Å². The molecule has 1 aromatic rings. The minimum absolute atomic E-state index is 0.245. The van der Waals surface area contributed by atoms with E-state index in [0.717, 1.165) is 0 Å². The lowest BCUT2D eigenvalue weighted by Gasteiger charge is -2.16. The molecule has 4 nitrogen and oxygen atoms in total. The van der Waals surface area contributed by atoms with Crippen LogP contribution in [0.15, 0.2) is 36.4 Å². The number of rotatable bonds is 1. The summed E-state index contributed by atoms with van der Waals surface area (Å²) >= 11 is 0. The van der Waals surface area contributed by atoms with Crippen molar-refractivity contribution in [3.63, 3.8) is 0 Å². The van der Waals surface area contributed by atoms with Crippen molar-refractivity contribution >= 4 is 15.9 Å². The molecule has 0 bridgehead atoms. The van der Waals surface area contributed by atoms with E-state index in [0.29, 0.717) is 11.1 Å². The summed E-state index contributed by atoms with van der Waals surface area (Å²) in [6.45, 7) is 0. The average molecular weight is 224 g/mol. The summed E-state index contributed by atoms with van der Waals surface area (Å²) in [6.07, 6.45) is 2.36. The Labute approximate surface area is 87.0 Å². The highest BCUT2D eigenvalue weighted by atomic mass is 32.2. The van der Waals surface area contributed by atoms with Gasteiger partial charge in [0.15, 0.2) is 5.78 Å². The smallest absolute Gasteiger partial charge is 0.275 e. The van der Waals surface area contributed by atoms with Gasteiger partial charge in [0.25, 0.3) is 10.1 Å². The van der Waals surface area contributed by atoms with Crippen LogP contribution in [0.25, 0.3) is 0 Å². The molecule has 1 aliphatic rings. The largest absolute Gasteiger partial charge is 0.289 e. The second-order valence-electron chi connectivity index (χ2n) is 3.25. The quantitative estimate of drug-likeness (QED) is 0.731. The Hall–Kier alpha value is -1.46. The molecule has 2 rings (SSSR count). The van der Waals surface area contributed by atoms with E-state index in [1.54, 1.807) is 18.2 Å². The number of hydrogen-bond acceptors (Lipinski definition) is 3. The average Bonchev–Trinajstić information content (AvgIpc) is 2.17. The van der Waals surface area contributed by atoms with Crippen molar-refractivity contribution < 1.29 is 17.8 Å². The topological polar surface area (TPSA) is 71.4 Å². The van der Waals surface area contributed by atoms with Crippen LogP contribution in [0.5, 0.6) is 0 Å². The van der Waals surface area contributed by atoms with E-state index in [1.807, 2.05) is 0 Å². The Morgan fingerprint density at radius 2 is 1.87 bits per heavy atom. The molecular formula is C10H8O4S. The SMILES string of the molecule is O=C1C=CC(S(=O)(=O)O)c2ccccc21. The van der Waals surface area contributed by atoms with Crippen molar-refractivity contribution in [3.05, 3.63) is 47.5 Å². The van der Waals surface area contributed by atoms with Gasteiger partial charge in [0, 0.05) is 5.56 Å². The Bertz CT molecular complexity index is 542. The number of allylic oxidation sites excluding steroid dienone is 1. The second kappa shape index (κ2) is 3.29. The third kappa shape index (κ3) is 1.71. The van der Waals surface area contributed by atoms with Gasteiger partial charge in [-0.15, -0.1) is 0 Å². The summed E-state index contributed by atoms with van der Waals surface area (Å²) in [4.78, 5) is 11.4. The normalized spacial score (nSPS) is 20.1. The molecule has 1 aromatic carbocycles. The molecule has 1 N–H and O–H groups in total. The van der Waals surface area contributed by atoms with Gasteiger partial charge in [-0.25, -0.2) is 0 Å². The van der Waals surface area contributed by atoms with Crippen LogP contribution in [-0.4, -0.2) is 18.8 Å². The summed E-state index contributed by atoms with van der Waals surface area (Å²) in [6, 6.07) is 6.34. The van der Waals surface area contributed by atoms with E-state index in [-0.39, 0.29) is 5.78 Å². The maximum absolute atomic E-state index is 11.4. The summed E-state index contributed by atoms with van der Waals surface area (Å²) in [5.41, 5.74) is 0.648. The van der Waals surface area contributed by atoms with Gasteiger partial charge >= 0.3 is 0 Å². The molecule has 1 unspecified atom stereocenters. The van der Waals surface area contributed by atoms with E-state index < -0.39 is 15.4 Å². The van der Waals surface area contributed by atoms with Crippen molar-refractivity contribution in [3.8, 4) is 0 Å². The zero-order valence-corrected chi connectivity index (χ0v) is 8.44. The molecule has 0 aliphatic heterocycles. The molecule has 0 heterocycles. The first-order chi connectivity index (χ1) is 7.00. The molecule has 0 fully saturated rings. The molecule has 0 aromatic heterocycles. The fourth-order valence-corrected chi connectivity index (χ4v) is 2.40. The van der Waals surface area contributed by atoms with E-state index in [1.165, 1.54) is 18.2 Å². The second-order valence-corrected chi connectivity index (χ2v) is 4.78. The molecule has 15 heavy (non-hydrogen) atoms. The number of carbonyl (C=O) groups excluding carboxylic acids is 1. The van der Waals surface area contributed by atoms with Crippen LogP contribution in [-0.2, 0) is 10.1 Å². The summed E-state index contributed by atoms with van der Waals surface area (Å²) in [5, 5.41) is -1.13. The van der Waals surface area contributed by atoms with Crippen LogP contribution in [0.1, 0.15) is 21.2 Å². The molecule has 0 spiro atoms. The van der Waals surface area contributed by atoms with E-state index in [2.05, 4.69) is 0 Å². The molecule has 1 atom stereocenters. The number of benzene rings is 1. The van der Waals surface area contributed by atoms with E-state index in [9.17, 15) is 13.2 Å². The van der Waals surface area contributed by atoms with Crippen molar-refractivity contribution in [2.75, 3.05) is 0 Å². The van der Waals surface area contributed by atoms with Gasteiger partial charge in [0.1, 0.15) is 5.25 Å². The van der Waals surface area contributed by atoms with Crippen molar-refractivity contribution in [2.45, 2.75) is 5.25 Å². The first-order valence-corrected chi connectivity index (χ1v) is 5.78. The van der Waals surface area contributed by atoms with Crippen LogP contribution < -0.4 is 0 Å². The molecule has 0 saturated carbocycles. The molecule has 1 aliphatic carbocycles. The highest BCUT2D eigenvalue weighted by Crippen LogP contribution is 2.30. The minimum Gasteiger partial charge on any atom is -0.289 e. The number of fused-ring (bicyclic) bond motifs is 1. The molecular weight excluding hydrogens is 216 g/mol. The van der Waals surface area contributed by atoms with Crippen molar-refractivity contribution in [2.24, 2.45) is 0 Å². The van der Waals surface area contributed by atoms with Crippen LogP contribution >= 0.6 is 0 Å². The predicted molar refractivity (Wildman–Crippen MR) is 54.2 cm³/mol. The summed E-state index contributed by atoms with van der Waals surface area (Å²) in [7, 11) is -4.20. The third-order valence-electron chi connectivity index (χ3n) is 2.28. The standard InChI is InChI=1S/C10H8O4S/c11-9-5-6-10(15(12,13)14)8-4-2-1-3-7(8)9/h1-6,10H,(H,12,13,14). The molecule has 0 saturated heterocycles. The molecule has 0 radical (unpaired) electrons. The lowest BCUT2D eigenvalue weighted by Crippen LogP contribution is -2.17. The number of ketones is 1.